The third kappa shape index (κ3) is 4.38. The number of ether oxygens (including phenoxy) is 2. The van der Waals surface area contributed by atoms with Crippen molar-refractivity contribution in [1.82, 2.24) is 0 Å². The van der Waals surface area contributed by atoms with Crippen molar-refractivity contribution in [3.05, 3.63) is 101 Å². The quantitative estimate of drug-likeness (QED) is 0.636. The zero-order valence-corrected chi connectivity index (χ0v) is 15.9. The highest BCUT2D eigenvalue weighted by atomic mass is 19.1. The molecule has 30 heavy (non-hydrogen) atoms. The highest BCUT2D eigenvalue weighted by molar-refractivity contribution is 6.00. The van der Waals surface area contributed by atoms with Gasteiger partial charge in [-0.1, -0.05) is 48.5 Å². The molecule has 3 aromatic carbocycles. The lowest BCUT2D eigenvalue weighted by molar-refractivity contribution is -0.151. The first kappa shape index (κ1) is 19.4. The molecule has 0 aromatic heterocycles. The van der Waals surface area contributed by atoms with Crippen LogP contribution in [0.4, 0.5) is 10.1 Å². The number of benzene rings is 3. The summed E-state index contributed by atoms with van der Waals surface area (Å²) in [6, 6.07) is 21.4. The van der Waals surface area contributed by atoms with E-state index in [0.29, 0.717) is 22.6 Å². The van der Waals surface area contributed by atoms with E-state index in [1.165, 1.54) is 24.3 Å². The molecule has 5 nitrogen and oxygen atoms in total. The molecule has 1 heterocycles. The zero-order chi connectivity index (χ0) is 20.9. The van der Waals surface area contributed by atoms with Gasteiger partial charge < -0.3 is 14.8 Å². The van der Waals surface area contributed by atoms with E-state index in [9.17, 15) is 14.0 Å². The van der Waals surface area contributed by atoms with Crippen molar-refractivity contribution in [1.29, 1.82) is 0 Å². The Hall–Kier alpha value is -3.93. The number of carbonyl (C=O) groups excluding carboxylic acids is 2. The number of fused-ring (bicyclic) bond motifs is 1. The Balaban J connectivity index is 1.56. The van der Waals surface area contributed by atoms with Crippen LogP contribution in [0.2, 0.25) is 0 Å². The van der Waals surface area contributed by atoms with Crippen molar-refractivity contribution in [3.8, 4) is 5.75 Å². The lowest BCUT2D eigenvalue weighted by Crippen LogP contribution is -2.27. The summed E-state index contributed by atoms with van der Waals surface area (Å²) in [5.41, 5.74) is 1.99. The number of esters is 1. The predicted molar refractivity (Wildman–Crippen MR) is 110 cm³/mol. The molecule has 1 amide bonds. The maximum absolute atomic E-state index is 13.1. The Kier molecular flexibility index (Phi) is 5.57. The van der Waals surface area contributed by atoms with Gasteiger partial charge >= 0.3 is 5.97 Å². The number of hydrogen-bond acceptors (Lipinski definition) is 4. The molecule has 3 aromatic rings. The topological polar surface area (TPSA) is 64.6 Å². The number of carbonyl (C=O) groups is 2. The Morgan fingerprint density at radius 3 is 2.40 bits per heavy atom. The number of rotatable bonds is 5. The van der Waals surface area contributed by atoms with Gasteiger partial charge in [-0.15, -0.1) is 0 Å². The molecule has 0 bridgehead atoms. The number of nitrogens with one attached hydrogen (secondary N) is 1. The Bertz CT molecular complexity index is 1090. The molecule has 1 unspecified atom stereocenters. The minimum Gasteiger partial charge on any atom is -0.488 e. The highest BCUT2D eigenvalue weighted by Gasteiger charge is 2.28. The second kappa shape index (κ2) is 8.61. The molecular formula is C24H18FNO4. The van der Waals surface area contributed by atoms with Gasteiger partial charge in [-0.2, -0.15) is 0 Å². The summed E-state index contributed by atoms with van der Waals surface area (Å²) in [6.45, 7) is 0.0525. The van der Waals surface area contributed by atoms with Gasteiger partial charge in [0.2, 0.25) is 6.10 Å². The smallest absolute Gasteiger partial charge is 0.338 e. The van der Waals surface area contributed by atoms with Crippen LogP contribution in [-0.2, 0) is 14.3 Å². The summed E-state index contributed by atoms with van der Waals surface area (Å²) >= 11 is 0. The summed E-state index contributed by atoms with van der Waals surface area (Å²) in [7, 11) is 0. The summed E-state index contributed by atoms with van der Waals surface area (Å²) in [6.07, 6.45) is 0.517. The van der Waals surface area contributed by atoms with Crippen LogP contribution in [0.3, 0.4) is 0 Å². The van der Waals surface area contributed by atoms with Crippen molar-refractivity contribution < 1.29 is 23.5 Å². The Morgan fingerprint density at radius 2 is 1.63 bits per heavy atom. The fraction of sp³-hybridized carbons (Fsp3) is 0.0833. The second-order valence-electron chi connectivity index (χ2n) is 6.69. The Labute approximate surface area is 172 Å². The van der Waals surface area contributed by atoms with Crippen molar-refractivity contribution in [2.75, 3.05) is 11.9 Å². The summed E-state index contributed by atoms with van der Waals surface area (Å²) in [4.78, 5) is 25.7. The first-order chi connectivity index (χ1) is 14.6. The molecule has 0 fully saturated rings. The van der Waals surface area contributed by atoms with Crippen LogP contribution in [0.15, 0.2) is 84.4 Å². The normalized spacial score (nSPS) is 13.3. The average Bonchev–Trinajstić information content (AvgIpc) is 2.79. The monoisotopic (exact) mass is 403 g/mol. The Morgan fingerprint density at radius 1 is 0.933 bits per heavy atom. The maximum atomic E-state index is 13.1. The summed E-state index contributed by atoms with van der Waals surface area (Å²) in [5.74, 6) is -0.919. The van der Waals surface area contributed by atoms with E-state index in [-0.39, 0.29) is 6.61 Å². The highest BCUT2D eigenvalue weighted by Crippen LogP contribution is 2.28. The molecule has 1 aliphatic rings. The number of halogens is 1. The van der Waals surface area contributed by atoms with Gasteiger partial charge in [-0.05, 0) is 36.4 Å². The van der Waals surface area contributed by atoms with Gasteiger partial charge in [0.05, 0.1) is 5.57 Å². The average molecular weight is 403 g/mol. The molecule has 0 spiro atoms. The van der Waals surface area contributed by atoms with Gasteiger partial charge in [0.1, 0.15) is 18.2 Å². The van der Waals surface area contributed by atoms with E-state index in [0.717, 1.165) is 5.56 Å². The van der Waals surface area contributed by atoms with Crippen LogP contribution in [0.25, 0.3) is 6.08 Å². The first-order valence-corrected chi connectivity index (χ1v) is 9.35. The van der Waals surface area contributed by atoms with E-state index < -0.39 is 23.8 Å². The molecule has 0 aliphatic carbocycles. The zero-order valence-electron chi connectivity index (χ0n) is 15.9. The van der Waals surface area contributed by atoms with Crippen LogP contribution >= 0.6 is 0 Å². The fourth-order valence-electron chi connectivity index (χ4n) is 3.06. The third-order valence-electron chi connectivity index (χ3n) is 4.57. The first-order valence-electron chi connectivity index (χ1n) is 9.35. The second-order valence-corrected chi connectivity index (χ2v) is 6.69. The van der Waals surface area contributed by atoms with Gasteiger partial charge in [0.15, 0.2) is 0 Å². The molecule has 4 rings (SSSR count). The summed E-state index contributed by atoms with van der Waals surface area (Å²) in [5, 5.41) is 2.66. The number of para-hydroxylation sites is 1. The van der Waals surface area contributed by atoms with E-state index in [1.54, 1.807) is 36.4 Å². The molecule has 0 radical (unpaired) electrons. The van der Waals surface area contributed by atoms with Crippen LogP contribution < -0.4 is 10.1 Å². The number of amides is 1. The van der Waals surface area contributed by atoms with Gasteiger partial charge in [0, 0.05) is 16.8 Å². The number of hydrogen-bond donors (Lipinski definition) is 1. The number of anilines is 1. The molecule has 6 heteroatoms. The van der Waals surface area contributed by atoms with Crippen molar-refractivity contribution in [2.24, 2.45) is 0 Å². The van der Waals surface area contributed by atoms with Crippen molar-refractivity contribution >= 4 is 23.6 Å². The van der Waals surface area contributed by atoms with Gasteiger partial charge in [-0.25, -0.2) is 9.18 Å². The predicted octanol–water partition coefficient (Wildman–Crippen LogP) is 4.52. The van der Waals surface area contributed by atoms with Gasteiger partial charge in [-0.3, -0.25) is 4.79 Å². The molecule has 150 valence electrons. The molecule has 1 N–H and O–H groups in total. The molecule has 1 atom stereocenters. The van der Waals surface area contributed by atoms with Crippen LogP contribution in [0.1, 0.15) is 17.2 Å². The SMILES string of the molecule is O=C(OC(C(=O)Nc1ccc(F)cc1)c1ccccc1)C1=Cc2ccccc2OC1. The minimum absolute atomic E-state index is 0.0525. The molecular weight excluding hydrogens is 385 g/mol. The molecule has 0 saturated heterocycles. The van der Waals surface area contributed by atoms with Crippen LogP contribution in [0, 0.1) is 5.82 Å². The van der Waals surface area contributed by atoms with Crippen molar-refractivity contribution in [3.63, 3.8) is 0 Å². The van der Waals surface area contributed by atoms with Crippen LogP contribution in [-0.4, -0.2) is 18.5 Å². The van der Waals surface area contributed by atoms with E-state index >= 15 is 0 Å². The minimum atomic E-state index is -1.18. The van der Waals surface area contributed by atoms with E-state index in [4.69, 9.17) is 9.47 Å². The largest absolute Gasteiger partial charge is 0.488 e. The lowest BCUT2D eigenvalue weighted by Gasteiger charge is -2.21. The molecule has 0 saturated carbocycles. The van der Waals surface area contributed by atoms with Gasteiger partial charge in [0.25, 0.3) is 5.91 Å². The third-order valence-corrected chi connectivity index (χ3v) is 4.57. The fourth-order valence-corrected chi connectivity index (χ4v) is 3.06. The van der Waals surface area contributed by atoms with Crippen molar-refractivity contribution in [2.45, 2.75) is 6.10 Å². The maximum Gasteiger partial charge on any atom is 0.338 e. The molecule has 1 aliphatic heterocycles. The lowest BCUT2D eigenvalue weighted by atomic mass is 10.1. The van der Waals surface area contributed by atoms with Crippen LogP contribution in [0.5, 0.6) is 5.75 Å². The standard InChI is InChI=1S/C24H18FNO4/c25-19-10-12-20(13-11-19)26-23(27)22(16-6-2-1-3-7-16)30-24(28)18-14-17-8-4-5-9-21(17)29-15-18/h1-14,22H,15H2,(H,26,27). The van der Waals surface area contributed by atoms with E-state index in [1.807, 2.05) is 24.3 Å². The summed E-state index contributed by atoms with van der Waals surface area (Å²) < 4.78 is 24.3. The van der Waals surface area contributed by atoms with E-state index in [2.05, 4.69) is 5.32 Å².